The topological polar surface area (TPSA) is 66.0 Å². The standard InChI is InChI=1S/C9H6F2N2O2/c10-9(11,8(14)15)6-3-1-2-5-4-12-13-7(5)6/h1-4H,(H,12,13)(H,14,15). The summed E-state index contributed by atoms with van der Waals surface area (Å²) >= 11 is 0. The molecule has 2 N–H and O–H groups in total. The molecule has 0 aliphatic rings. The number of benzene rings is 1. The number of hydrogen-bond acceptors (Lipinski definition) is 2. The van der Waals surface area contributed by atoms with E-state index < -0.39 is 17.5 Å². The van der Waals surface area contributed by atoms with E-state index in [0.717, 1.165) is 6.07 Å². The van der Waals surface area contributed by atoms with Crippen molar-refractivity contribution >= 4 is 16.9 Å². The lowest BCUT2D eigenvalue weighted by atomic mass is 10.1. The third-order valence-electron chi connectivity index (χ3n) is 2.08. The van der Waals surface area contributed by atoms with Gasteiger partial charge in [0.25, 0.3) is 0 Å². The zero-order valence-corrected chi connectivity index (χ0v) is 7.37. The summed E-state index contributed by atoms with van der Waals surface area (Å²) in [6.07, 6.45) is 1.36. The van der Waals surface area contributed by atoms with Crippen molar-refractivity contribution in [1.82, 2.24) is 10.2 Å². The first-order chi connectivity index (χ1) is 7.03. The maximum atomic E-state index is 13.2. The van der Waals surface area contributed by atoms with Crippen molar-refractivity contribution < 1.29 is 18.7 Å². The maximum absolute atomic E-state index is 13.2. The number of hydrogen-bond donors (Lipinski definition) is 2. The van der Waals surface area contributed by atoms with E-state index in [9.17, 15) is 13.6 Å². The molecular formula is C9H6F2N2O2. The van der Waals surface area contributed by atoms with E-state index in [1.165, 1.54) is 12.3 Å². The molecule has 0 atom stereocenters. The quantitative estimate of drug-likeness (QED) is 0.796. The molecule has 15 heavy (non-hydrogen) atoms. The summed E-state index contributed by atoms with van der Waals surface area (Å²) in [7, 11) is 0. The molecule has 0 unspecified atom stereocenters. The Balaban J connectivity index is 2.71. The van der Waals surface area contributed by atoms with Crippen LogP contribution in [0.15, 0.2) is 24.4 Å². The van der Waals surface area contributed by atoms with E-state index in [4.69, 9.17) is 5.11 Å². The summed E-state index contributed by atoms with van der Waals surface area (Å²) < 4.78 is 26.5. The summed E-state index contributed by atoms with van der Waals surface area (Å²) in [5.74, 6) is -6.09. The highest BCUT2D eigenvalue weighted by Crippen LogP contribution is 2.32. The summed E-state index contributed by atoms with van der Waals surface area (Å²) in [6, 6.07) is 4.00. The molecule has 0 radical (unpaired) electrons. The minimum atomic E-state index is -3.91. The van der Waals surface area contributed by atoms with Gasteiger partial charge in [-0.1, -0.05) is 18.2 Å². The van der Waals surface area contributed by atoms with E-state index in [1.54, 1.807) is 6.07 Å². The molecule has 4 nitrogen and oxygen atoms in total. The van der Waals surface area contributed by atoms with E-state index >= 15 is 0 Å². The van der Waals surface area contributed by atoms with Crippen LogP contribution < -0.4 is 0 Å². The van der Waals surface area contributed by atoms with Gasteiger partial charge in [-0.3, -0.25) is 5.10 Å². The van der Waals surface area contributed by atoms with E-state index in [0.29, 0.717) is 5.39 Å². The van der Waals surface area contributed by atoms with Crippen LogP contribution in [0.4, 0.5) is 8.78 Å². The maximum Gasteiger partial charge on any atom is 0.379 e. The third kappa shape index (κ3) is 1.34. The fourth-order valence-electron chi connectivity index (χ4n) is 1.35. The highest BCUT2D eigenvalue weighted by atomic mass is 19.3. The van der Waals surface area contributed by atoms with Crippen LogP contribution >= 0.6 is 0 Å². The number of carbonyl (C=O) groups is 1. The lowest BCUT2D eigenvalue weighted by Gasteiger charge is -2.11. The Kier molecular flexibility index (Phi) is 1.92. The molecule has 0 amide bonds. The third-order valence-corrected chi connectivity index (χ3v) is 2.08. The molecule has 0 fully saturated rings. The number of nitrogens with one attached hydrogen (secondary N) is 1. The van der Waals surface area contributed by atoms with E-state index in [1.807, 2.05) is 0 Å². The normalized spacial score (nSPS) is 11.9. The molecule has 0 saturated heterocycles. The van der Waals surface area contributed by atoms with Crippen LogP contribution in [-0.2, 0) is 10.7 Å². The fourth-order valence-corrected chi connectivity index (χ4v) is 1.35. The average molecular weight is 212 g/mol. The van der Waals surface area contributed by atoms with Gasteiger partial charge in [-0.25, -0.2) is 4.79 Å². The second-order valence-corrected chi connectivity index (χ2v) is 3.02. The number of rotatable bonds is 2. The minimum absolute atomic E-state index is 0.0462. The Morgan fingerprint density at radius 1 is 1.47 bits per heavy atom. The second kappa shape index (κ2) is 3.01. The summed E-state index contributed by atoms with van der Waals surface area (Å²) in [5.41, 5.74) is -0.532. The number of aromatic nitrogens is 2. The van der Waals surface area contributed by atoms with Gasteiger partial charge in [-0.15, -0.1) is 0 Å². The molecule has 1 aromatic carbocycles. The van der Waals surface area contributed by atoms with Crippen molar-refractivity contribution in [2.75, 3.05) is 0 Å². The number of carboxylic acids is 1. The largest absolute Gasteiger partial charge is 0.477 e. The van der Waals surface area contributed by atoms with E-state index in [-0.39, 0.29) is 5.52 Å². The predicted molar refractivity (Wildman–Crippen MR) is 47.6 cm³/mol. The molecule has 1 heterocycles. The Morgan fingerprint density at radius 3 is 2.87 bits per heavy atom. The lowest BCUT2D eigenvalue weighted by molar-refractivity contribution is -0.166. The number of nitrogens with zero attached hydrogens (tertiary/aromatic N) is 1. The summed E-state index contributed by atoms with van der Waals surface area (Å²) in [4.78, 5) is 10.4. The molecule has 2 rings (SSSR count). The van der Waals surface area contributed by atoms with Gasteiger partial charge in [0.1, 0.15) is 0 Å². The van der Waals surface area contributed by atoms with Crippen LogP contribution in [0.25, 0.3) is 10.9 Å². The van der Waals surface area contributed by atoms with Crippen molar-refractivity contribution in [2.24, 2.45) is 0 Å². The van der Waals surface area contributed by atoms with Crippen LogP contribution in [0.3, 0.4) is 0 Å². The number of H-pyrrole nitrogens is 1. The number of para-hydroxylation sites is 1. The number of halogens is 2. The number of fused-ring (bicyclic) bond motifs is 1. The van der Waals surface area contributed by atoms with Gasteiger partial charge in [0.05, 0.1) is 17.3 Å². The summed E-state index contributed by atoms with van der Waals surface area (Å²) in [6.45, 7) is 0. The van der Waals surface area contributed by atoms with Crippen molar-refractivity contribution in [1.29, 1.82) is 0 Å². The van der Waals surface area contributed by atoms with Crippen molar-refractivity contribution in [3.05, 3.63) is 30.0 Å². The Bertz CT molecular complexity index is 522. The molecule has 1 aromatic heterocycles. The van der Waals surface area contributed by atoms with Gasteiger partial charge >= 0.3 is 11.9 Å². The average Bonchev–Trinajstić information content (AvgIpc) is 2.64. The van der Waals surface area contributed by atoms with Gasteiger partial charge < -0.3 is 5.11 Å². The van der Waals surface area contributed by atoms with Crippen LogP contribution in [0.2, 0.25) is 0 Å². The predicted octanol–water partition coefficient (Wildman–Crippen LogP) is 1.74. The monoisotopic (exact) mass is 212 g/mol. The lowest BCUT2D eigenvalue weighted by Crippen LogP contribution is -2.25. The molecule has 2 aromatic rings. The van der Waals surface area contributed by atoms with Crippen LogP contribution in [0.1, 0.15) is 5.56 Å². The molecular weight excluding hydrogens is 206 g/mol. The zero-order valence-electron chi connectivity index (χ0n) is 7.37. The van der Waals surface area contributed by atoms with Crippen LogP contribution in [0.5, 0.6) is 0 Å². The second-order valence-electron chi connectivity index (χ2n) is 3.02. The Labute approximate surface area is 82.5 Å². The molecule has 0 aliphatic carbocycles. The summed E-state index contributed by atoms with van der Waals surface area (Å²) in [5, 5.41) is 14.8. The molecule has 78 valence electrons. The molecule has 0 spiro atoms. The fraction of sp³-hybridized carbons (Fsp3) is 0.111. The first-order valence-electron chi connectivity index (χ1n) is 4.07. The molecule has 0 bridgehead atoms. The Hall–Kier alpha value is -1.98. The van der Waals surface area contributed by atoms with Gasteiger partial charge in [-0.2, -0.15) is 13.9 Å². The van der Waals surface area contributed by atoms with Crippen molar-refractivity contribution in [2.45, 2.75) is 5.92 Å². The van der Waals surface area contributed by atoms with Gasteiger partial charge in [-0.05, 0) is 0 Å². The number of aromatic amines is 1. The van der Waals surface area contributed by atoms with Gasteiger partial charge in [0.2, 0.25) is 0 Å². The highest BCUT2D eigenvalue weighted by molar-refractivity contribution is 5.88. The Morgan fingerprint density at radius 2 is 2.20 bits per heavy atom. The first-order valence-corrected chi connectivity index (χ1v) is 4.07. The smallest absolute Gasteiger partial charge is 0.379 e. The van der Waals surface area contributed by atoms with Crippen molar-refractivity contribution in [3.63, 3.8) is 0 Å². The van der Waals surface area contributed by atoms with Crippen LogP contribution in [0, 0.1) is 0 Å². The number of carboxylic acid groups (broad SMARTS) is 1. The van der Waals surface area contributed by atoms with E-state index in [2.05, 4.69) is 10.2 Å². The molecule has 0 saturated carbocycles. The van der Waals surface area contributed by atoms with Gasteiger partial charge in [0.15, 0.2) is 0 Å². The van der Waals surface area contributed by atoms with Crippen LogP contribution in [-0.4, -0.2) is 21.3 Å². The molecule has 0 aliphatic heterocycles. The highest BCUT2D eigenvalue weighted by Gasteiger charge is 2.42. The number of alkyl halides is 2. The zero-order chi connectivity index (χ0) is 11.1. The van der Waals surface area contributed by atoms with Gasteiger partial charge in [0, 0.05) is 5.39 Å². The SMILES string of the molecule is O=C(O)C(F)(F)c1cccc2cn[nH]c12. The van der Waals surface area contributed by atoms with Crippen molar-refractivity contribution in [3.8, 4) is 0 Å². The molecule has 6 heteroatoms. The minimum Gasteiger partial charge on any atom is -0.477 e. The number of aliphatic carboxylic acids is 1. The first kappa shape index (κ1) is 9.57.